The number of ether oxygens (including phenoxy) is 1. The second kappa shape index (κ2) is 15.0. The normalized spacial score (nSPS) is 19.0. The SMILES string of the molecule is CC(C)CNC(=O)CC(O)C(CC1CCCCC1)NC(=O)[C@@](C)(NC(=O)OCc1ccccc1)N1CCCC1=O. The number of aliphatic hydroxyl groups excluding tert-OH is 1. The van der Waals surface area contributed by atoms with Crippen LogP contribution < -0.4 is 16.0 Å². The molecular weight excluding hydrogens is 512 g/mol. The predicted molar refractivity (Wildman–Crippen MR) is 151 cm³/mol. The summed E-state index contributed by atoms with van der Waals surface area (Å²) in [6.07, 6.45) is 4.55. The molecule has 0 spiro atoms. The molecule has 0 radical (unpaired) electrons. The van der Waals surface area contributed by atoms with E-state index in [0.29, 0.717) is 31.8 Å². The lowest BCUT2D eigenvalue weighted by Gasteiger charge is -2.39. The molecule has 1 saturated carbocycles. The van der Waals surface area contributed by atoms with Crippen LogP contribution in [0.4, 0.5) is 4.79 Å². The maximum Gasteiger partial charge on any atom is 0.409 e. The Hall–Kier alpha value is -3.14. The smallest absolute Gasteiger partial charge is 0.409 e. The molecule has 4 amide bonds. The van der Waals surface area contributed by atoms with Crippen LogP contribution in [0.3, 0.4) is 0 Å². The number of aliphatic hydroxyl groups is 1. The van der Waals surface area contributed by atoms with Gasteiger partial charge in [0, 0.05) is 19.5 Å². The minimum absolute atomic E-state index is 0.00677. The van der Waals surface area contributed by atoms with Crippen molar-refractivity contribution in [3.05, 3.63) is 35.9 Å². The molecule has 2 aliphatic rings. The molecule has 3 rings (SSSR count). The maximum absolute atomic E-state index is 13.9. The number of nitrogens with one attached hydrogen (secondary N) is 3. The van der Waals surface area contributed by atoms with Crippen LogP contribution in [0.5, 0.6) is 0 Å². The molecule has 2 unspecified atom stereocenters. The summed E-state index contributed by atoms with van der Waals surface area (Å²) in [5, 5.41) is 19.5. The molecule has 1 aliphatic carbocycles. The summed E-state index contributed by atoms with van der Waals surface area (Å²) in [7, 11) is 0. The average Bonchev–Trinajstić information content (AvgIpc) is 3.38. The zero-order chi connectivity index (χ0) is 29.1. The number of benzene rings is 1. The minimum atomic E-state index is -1.73. The van der Waals surface area contributed by atoms with Crippen LogP contribution in [0.25, 0.3) is 0 Å². The third kappa shape index (κ3) is 9.21. The molecule has 1 aromatic rings. The molecule has 4 N–H and O–H groups in total. The van der Waals surface area contributed by atoms with Gasteiger partial charge in [-0.3, -0.25) is 19.7 Å². The first-order valence-electron chi connectivity index (χ1n) is 14.6. The van der Waals surface area contributed by atoms with Crippen molar-refractivity contribution < 1.29 is 29.0 Å². The summed E-state index contributed by atoms with van der Waals surface area (Å²) in [6, 6.07) is 8.43. The highest BCUT2D eigenvalue weighted by Crippen LogP contribution is 2.29. The zero-order valence-electron chi connectivity index (χ0n) is 24.1. The standard InChI is InChI=1S/C30H46N4O6/c1-21(2)19-31-26(36)18-25(35)24(17-22-11-6-4-7-12-22)32-28(38)30(3,34-16-10-15-27(34)37)33-29(39)40-20-23-13-8-5-9-14-23/h5,8-9,13-14,21-22,24-25,35H,4,6-7,10-12,15-20H2,1-3H3,(H,31,36)(H,32,38)(H,33,39)/t24?,25?,30-/m0/s1. The molecule has 3 atom stereocenters. The third-order valence-electron chi connectivity index (χ3n) is 7.81. The van der Waals surface area contributed by atoms with Gasteiger partial charge in [-0.25, -0.2) is 4.79 Å². The molecule has 0 aromatic heterocycles. The highest BCUT2D eigenvalue weighted by Gasteiger charge is 2.47. The lowest BCUT2D eigenvalue weighted by molar-refractivity contribution is -0.146. The van der Waals surface area contributed by atoms with Gasteiger partial charge in [-0.05, 0) is 37.2 Å². The van der Waals surface area contributed by atoms with E-state index in [-0.39, 0.29) is 37.2 Å². The first-order valence-corrected chi connectivity index (χ1v) is 14.6. The van der Waals surface area contributed by atoms with E-state index in [2.05, 4.69) is 16.0 Å². The Morgan fingerprint density at radius 1 is 1.10 bits per heavy atom. The van der Waals surface area contributed by atoms with Crippen molar-refractivity contribution >= 4 is 23.8 Å². The van der Waals surface area contributed by atoms with Crippen molar-refractivity contribution in [3.63, 3.8) is 0 Å². The Labute approximate surface area is 237 Å². The van der Waals surface area contributed by atoms with Crippen molar-refractivity contribution in [3.8, 4) is 0 Å². The lowest BCUT2D eigenvalue weighted by Crippen LogP contribution is -2.68. The molecule has 1 saturated heterocycles. The topological polar surface area (TPSA) is 137 Å². The van der Waals surface area contributed by atoms with Crippen LogP contribution in [-0.2, 0) is 25.7 Å². The number of rotatable bonds is 13. The van der Waals surface area contributed by atoms with Crippen molar-refractivity contribution in [1.82, 2.24) is 20.9 Å². The summed E-state index contributed by atoms with van der Waals surface area (Å²) < 4.78 is 5.37. The second-order valence-electron chi connectivity index (χ2n) is 11.7. The third-order valence-corrected chi connectivity index (χ3v) is 7.81. The first kappa shape index (κ1) is 31.4. The number of hydrogen-bond donors (Lipinski definition) is 4. The van der Waals surface area contributed by atoms with Crippen LogP contribution in [0.2, 0.25) is 0 Å². The lowest BCUT2D eigenvalue weighted by atomic mass is 9.83. The molecule has 40 heavy (non-hydrogen) atoms. The molecule has 10 heteroatoms. The molecule has 1 aromatic carbocycles. The predicted octanol–water partition coefficient (Wildman–Crippen LogP) is 3.23. The van der Waals surface area contributed by atoms with Gasteiger partial charge in [0.1, 0.15) is 6.61 Å². The van der Waals surface area contributed by atoms with E-state index in [0.717, 1.165) is 37.7 Å². The highest BCUT2D eigenvalue weighted by atomic mass is 16.5. The molecule has 1 heterocycles. The number of carbonyl (C=O) groups is 4. The Morgan fingerprint density at radius 3 is 2.42 bits per heavy atom. The van der Waals surface area contributed by atoms with Crippen LogP contribution in [0.1, 0.15) is 84.1 Å². The quantitative estimate of drug-likeness (QED) is 0.293. The van der Waals surface area contributed by atoms with Crippen LogP contribution >= 0.6 is 0 Å². The summed E-state index contributed by atoms with van der Waals surface area (Å²) >= 11 is 0. The number of nitrogens with zero attached hydrogens (tertiary/aromatic N) is 1. The Kier molecular flexibility index (Phi) is 11.8. The number of hydrogen-bond acceptors (Lipinski definition) is 6. The van der Waals surface area contributed by atoms with E-state index < -0.39 is 29.8 Å². The van der Waals surface area contributed by atoms with E-state index >= 15 is 0 Å². The van der Waals surface area contributed by atoms with E-state index in [1.807, 2.05) is 44.2 Å². The largest absolute Gasteiger partial charge is 0.445 e. The van der Waals surface area contributed by atoms with Gasteiger partial charge in [0.15, 0.2) is 5.66 Å². The number of carbonyl (C=O) groups excluding carboxylic acids is 4. The minimum Gasteiger partial charge on any atom is -0.445 e. The van der Waals surface area contributed by atoms with Gasteiger partial charge in [-0.2, -0.15) is 0 Å². The monoisotopic (exact) mass is 558 g/mol. The molecule has 10 nitrogen and oxygen atoms in total. The van der Waals surface area contributed by atoms with E-state index in [4.69, 9.17) is 4.74 Å². The van der Waals surface area contributed by atoms with Crippen molar-refractivity contribution in [2.24, 2.45) is 11.8 Å². The van der Waals surface area contributed by atoms with Crippen molar-refractivity contribution in [2.45, 2.75) is 103 Å². The van der Waals surface area contributed by atoms with Crippen molar-refractivity contribution in [1.29, 1.82) is 0 Å². The fourth-order valence-electron chi connectivity index (χ4n) is 5.45. The van der Waals surface area contributed by atoms with Crippen LogP contribution in [-0.4, -0.2) is 64.7 Å². The van der Waals surface area contributed by atoms with Crippen molar-refractivity contribution in [2.75, 3.05) is 13.1 Å². The first-order chi connectivity index (χ1) is 19.1. The van der Waals surface area contributed by atoms with Gasteiger partial charge in [0.25, 0.3) is 5.91 Å². The van der Waals surface area contributed by atoms with Gasteiger partial charge in [-0.1, -0.05) is 76.3 Å². The Balaban J connectivity index is 1.75. The van der Waals surface area contributed by atoms with Crippen LogP contribution in [0.15, 0.2) is 30.3 Å². The maximum atomic E-state index is 13.9. The molecule has 0 bridgehead atoms. The zero-order valence-corrected chi connectivity index (χ0v) is 24.1. The second-order valence-corrected chi connectivity index (χ2v) is 11.7. The Bertz CT molecular complexity index is 997. The summed E-state index contributed by atoms with van der Waals surface area (Å²) in [5.74, 6) is -0.592. The molecular formula is C30H46N4O6. The number of alkyl carbamates (subject to hydrolysis) is 1. The summed E-state index contributed by atoms with van der Waals surface area (Å²) in [4.78, 5) is 53.3. The fourth-order valence-corrected chi connectivity index (χ4v) is 5.45. The molecule has 2 fully saturated rings. The molecule has 222 valence electrons. The number of likely N-dealkylation sites (tertiary alicyclic amines) is 1. The fraction of sp³-hybridized carbons (Fsp3) is 0.667. The van der Waals surface area contributed by atoms with E-state index in [1.165, 1.54) is 11.8 Å². The molecule has 1 aliphatic heterocycles. The van der Waals surface area contributed by atoms with Gasteiger partial charge < -0.3 is 25.4 Å². The highest BCUT2D eigenvalue weighted by molar-refractivity contribution is 5.94. The Morgan fingerprint density at radius 2 is 1.80 bits per heavy atom. The van der Waals surface area contributed by atoms with Gasteiger partial charge >= 0.3 is 6.09 Å². The van der Waals surface area contributed by atoms with Crippen LogP contribution in [0, 0.1) is 11.8 Å². The van der Waals surface area contributed by atoms with Gasteiger partial charge in [0.05, 0.1) is 18.6 Å². The van der Waals surface area contributed by atoms with E-state index in [1.54, 1.807) is 0 Å². The van der Waals surface area contributed by atoms with Gasteiger partial charge in [0.2, 0.25) is 11.8 Å². The number of amides is 4. The summed E-state index contributed by atoms with van der Waals surface area (Å²) in [6.45, 7) is 6.26. The van der Waals surface area contributed by atoms with E-state index in [9.17, 15) is 24.3 Å². The average molecular weight is 559 g/mol. The van der Waals surface area contributed by atoms with Gasteiger partial charge in [-0.15, -0.1) is 0 Å². The summed E-state index contributed by atoms with van der Waals surface area (Å²) in [5.41, 5.74) is -0.946.